The lowest BCUT2D eigenvalue weighted by Crippen LogP contribution is -2.34. The maximum absolute atomic E-state index is 9.13. The number of hydrogen-bond acceptors (Lipinski definition) is 3. The van der Waals surface area contributed by atoms with E-state index >= 15 is 0 Å². The molecule has 1 N–H and O–H groups in total. The first-order chi connectivity index (χ1) is 9.86. The first kappa shape index (κ1) is 15.5. The van der Waals surface area contributed by atoms with Crippen LogP contribution in [0.1, 0.15) is 42.9 Å². The summed E-state index contributed by atoms with van der Waals surface area (Å²) in [7, 11) is 1.76. The lowest BCUT2D eigenvalue weighted by molar-refractivity contribution is 0.131. The number of ether oxygens (including phenoxy) is 1. The molecule has 1 aliphatic carbocycles. The molecule has 0 saturated carbocycles. The highest BCUT2D eigenvalue weighted by atomic mass is 16.5. The smallest absolute Gasteiger partial charge is 0.0474 e. The number of methoxy groups -OCH3 is 1. The van der Waals surface area contributed by atoms with Gasteiger partial charge in [-0.05, 0) is 43.2 Å². The summed E-state index contributed by atoms with van der Waals surface area (Å²) in [4.78, 5) is 2.53. The van der Waals surface area contributed by atoms with Crippen LogP contribution >= 0.6 is 0 Å². The molecule has 0 amide bonds. The van der Waals surface area contributed by atoms with Gasteiger partial charge in [0.05, 0.1) is 0 Å². The van der Waals surface area contributed by atoms with Crippen LogP contribution in [0.2, 0.25) is 0 Å². The number of aliphatic hydroxyl groups excluding tert-OH is 1. The minimum Gasteiger partial charge on any atom is -0.396 e. The minimum absolute atomic E-state index is 0.273. The Labute approximate surface area is 122 Å². The molecule has 0 aromatic heterocycles. The zero-order valence-electron chi connectivity index (χ0n) is 12.6. The molecule has 1 aromatic rings. The van der Waals surface area contributed by atoms with Crippen molar-refractivity contribution in [1.82, 2.24) is 4.90 Å². The standard InChI is InChI=1S/C17H27NO2/c1-20-14-6-12-18(11-5-13-19)17-10-4-8-15-7-2-3-9-16(15)17/h2-3,7,9,17,19H,4-6,8,10-14H2,1H3. The van der Waals surface area contributed by atoms with Gasteiger partial charge in [0.2, 0.25) is 0 Å². The summed E-state index contributed by atoms with van der Waals surface area (Å²) in [6.45, 7) is 3.10. The fourth-order valence-corrected chi connectivity index (χ4v) is 3.22. The van der Waals surface area contributed by atoms with Crippen molar-refractivity contribution in [1.29, 1.82) is 0 Å². The summed E-state index contributed by atoms with van der Waals surface area (Å²) in [6.07, 6.45) is 5.61. The highest BCUT2D eigenvalue weighted by molar-refractivity contribution is 5.32. The van der Waals surface area contributed by atoms with Gasteiger partial charge in [0.15, 0.2) is 0 Å². The van der Waals surface area contributed by atoms with Crippen molar-refractivity contribution < 1.29 is 9.84 Å². The van der Waals surface area contributed by atoms with Crippen molar-refractivity contribution in [3.63, 3.8) is 0 Å². The van der Waals surface area contributed by atoms with E-state index in [2.05, 4.69) is 29.2 Å². The average molecular weight is 277 g/mol. The highest BCUT2D eigenvalue weighted by Gasteiger charge is 2.24. The molecule has 2 rings (SSSR count). The van der Waals surface area contributed by atoms with Crippen LogP contribution < -0.4 is 0 Å². The third kappa shape index (κ3) is 4.05. The maximum Gasteiger partial charge on any atom is 0.0474 e. The number of hydrogen-bond donors (Lipinski definition) is 1. The number of aryl methyl sites for hydroxylation is 1. The van der Waals surface area contributed by atoms with E-state index in [0.717, 1.165) is 32.5 Å². The highest BCUT2D eigenvalue weighted by Crippen LogP contribution is 2.34. The van der Waals surface area contributed by atoms with Gasteiger partial charge < -0.3 is 9.84 Å². The molecule has 0 spiro atoms. The Kier molecular flexibility index (Phi) is 6.51. The van der Waals surface area contributed by atoms with E-state index in [0.29, 0.717) is 6.04 Å². The van der Waals surface area contributed by atoms with Crippen molar-refractivity contribution >= 4 is 0 Å². The van der Waals surface area contributed by atoms with Crippen molar-refractivity contribution in [2.75, 3.05) is 33.4 Å². The lowest BCUT2D eigenvalue weighted by Gasteiger charge is -2.36. The van der Waals surface area contributed by atoms with Gasteiger partial charge in [-0.1, -0.05) is 24.3 Å². The van der Waals surface area contributed by atoms with Crippen LogP contribution in [-0.2, 0) is 11.2 Å². The van der Waals surface area contributed by atoms with Gasteiger partial charge in [0, 0.05) is 39.5 Å². The molecule has 0 heterocycles. The van der Waals surface area contributed by atoms with Gasteiger partial charge in [0.25, 0.3) is 0 Å². The molecular weight excluding hydrogens is 250 g/mol. The van der Waals surface area contributed by atoms with Crippen LogP contribution in [0.4, 0.5) is 0 Å². The van der Waals surface area contributed by atoms with E-state index in [4.69, 9.17) is 9.84 Å². The fraction of sp³-hybridized carbons (Fsp3) is 0.647. The fourth-order valence-electron chi connectivity index (χ4n) is 3.22. The van der Waals surface area contributed by atoms with Gasteiger partial charge in [-0.15, -0.1) is 0 Å². The molecule has 0 radical (unpaired) electrons. The number of rotatable bonds is 8. The summed E-state index contributed by atoms with van der Waals surface area (Å²) in [6, 6.07) is 9.35. The molecule has 1 atom stereocenters. The Balaban J connectivity index is 2.07. The summed E-state index contributed by atoms with van der Waals surface area (Å²) in [5, 5.41) is 9.13. The zero-order valence-corrected chi connectivity index (χ0v) is 12.6. The van der Waals surface area contributed by atoms with Crippen LogP contribution in [0.5, 0.6) is 0 Å². The van der Waals surface area contributed by atoms with E-state index < -0.39 is 0 Å². The van der Waals surface area contributed by atoms with E-state index in [9.17, 15) is 0 Å². The molecular formula is C17H27NO2. The number of nitrogens with zero attached hydrogens (tertiary/aromatic N) is 1. The number of aliphatic hydroxyl groups is 1. The van der Waals surface area contributed by atoms with Crippen LogP contribution in [0.15, 0.2) is 24.3 Å². The Bertz CT molecular complexity index is 394. The van der Waals surface area contributed by atoms with Crippen molar-refractivity contribution in [3.8, 4) is 0 Å². The average Bonchev–Trinajstić information content (AvgIpc) is 2.50. The SMILES string of the molecule is COCCCN(CCCO)C1CCCc2ccccc21. The Morgan fingerprint density at radius 3 is 2.85 bits per heavy atom. The number of benzene rings is 1. The van der Waals surface area contributed by atoms with Gasteiger partial charge in [-0.25, -0.2) is 0 Å². The van der Waals surface area contributed by atoms with Crippen LogP contribution in [0.25, 0.3) is 0 Å². The van der Waals surface area contributed by atoms with Gasteiger partial charge in [-0.3, -0.25) is 4.90 Å². The zero-order chi connectivity index (χ0) is 14.2. The predicted octanol–water partition coefficient (Wildman–Crippen LogP) is 2.78. The molecule has 112 valence electrons. The van der Waals surface area contributed by atoms with Crippen molar-refractivity contribution in [2.24, 2.45) is 0 Å². The Morgan fingerprint density at radius 1 is 1.25 bits per heavy atom. The second-order valence-corrected chi connectivity index (χ2v) is 5.57. The second-order valence-electron chi connectivity index (χ2n) is 5.57. The third-order valence-electron chi connectivity index (χ3n) is 4.18. The molecule has 3 nitrogen and oxygen atoms in total. The first-order valence-electron chi connectivity index (χ1n) is 7.78. The molecule has 0 aliphatic heterocycles. The van der Waals surface area contributed by atoms with Crippen LogP contribution in [-0.4, -0.2) is 43.4 Å². The first-order valence-corrected chi connectivity index (χ1v) is 7.78. The summed E-state index contributed by atoms with van der Waals surface area (Å²) >= 11 is 0. The maximum atomic E-state index is 9.13. The molecule has 0 fully saturated rings. The van der Waals surface area contributed by atoms with Crippen LogP contribution in [0, 0.1) is 0 Å². The molecule has 3 heteroatoms. The molecule has 1 aromatic carbocycles. The quantitative estimate of drug-likeness (QED) is 0.742. The second kappa shape index (κ2) is 8.40. The van der Waals surface area contributed by atoms with Gasteiger partial charge in [-0.2, -0.15) is 0 Å². The topological polar surface area (TPSA) is 32.7 Å². The van der Waals surface area contributed by atoms with E-state index in [-0.39, 0.29) is 6.61 Å². The monoisotopic (exact) mass is 277 g/mol. The summed E-state index contributed by atoms with van der Waals surface area (Å²) in [5.41, 5.74) is 3.00. The Hall–Kier alpha value is -0.900. The summed E-state index contributed by atoms with van der Waals surface area (Å²) < 4.78 is 5.18. The van der Waals surface area contributed by atoms with Crippen molar-refractivity contribution in [2.45, 2.75) is 38.1 Å². The minimum atomic E-state index is 0.273. The van der Waals surface area contributed by atoms with Crippen molar-refractivity contribution in [3.05, 3.63) is 35.4 Å². The number of fused-ring (bicyclic) bond motifs is 1. The molecule has 0 saturated heterocycles. The third-order valence-corrected chi connectivity index (χ3v) is 4.18. The van der Waals surface area contributed by atoms with Gasteiger partial charge >= 0.3 is 0 Å². The lowest BCUT2D eigenvalue weighted by atomic mass is 9.86. The van der Waals surface area contributed by atoms with Crippen LogP contribution in [0.3, 0.4) is 0 Å². The largest absolute Gasteiger partial charge is 0.396 e. The molecule has 1 aliphatic rings. The van der Waals surface area contributed by atoms with Gasteiger partial charge in [0.1, 0.15) is 0 Å². The molecule has 20 heavy (non-hydrogen) atoms. The van der Waals surface area contributed by atoms with E-state index in [1.54, 1.807) is 7.11 Å². The Morgan fingerprint density at radius 2 is 2.05 bits per heavy atom. The van der Waals surface area contributed by atoms with E-state index in [1.165, 1.54) is 30.4 Å². The normalized spacial score (nSPS) is 18.2. The van der Waals surface area contributed by atoms with E-state index in [1.807, 2.05) is 0 Å². The molecule has 0 bridgehead atoms. The molecule has 1 unspecified atom stereocenters. The predicted molar refractivity (Wildman–Crippen MR) is 81.9 cm³/mol. The summed E-state index contributed by atoms with van der Waals surface area (Å²) in [5.74, 6) is 0.